The van der Waals surface area contributed by atoms with Crippen LogP contribution in [0.1, 0.15) is 12.6 Å². The number of aliphatic hydroxyl groups is 1. The van der Waals surface area contributed by atoms with Gasteiger partial charge < -0.3 is 20.3 Å². The first-order chi connectivity index (χ1) is 7.95. The molecule has 1 aromatic rings. The van der Waals surface area contributed by atoms with Gasteiger partial charge in [0.1, 0.15) is 5.15 Å². The smallest absolute Gasteiger partial charge is 0.315 e. The topological polar surface area (TPSA) is 66.3 Å². The third-order valence-electron chi connectivity index (χ3n) is 2.30. The van der Waals surface area contributed by atoms with Crippen LogP contribution in [0, 0.1) is 0 Å². The van der Waals surface area contributed by atoms with Crippen molar-refractivity contribution in [2.24, 2.45) is 7.05 Å². The molecule has 0 aliphatic heterocycles. The lowest BCUT2D eigenvalue weighted by Crippen LogP contribution is -2.42. The minimum atomic E-state index is -0.347. The molecule has 0 unspecified atom stereocenters. The Kier molecular flexibility index (Phi) is 5.11. The van der Waals surface area contributed by atoms with Gasteiger partial charge in [-0.2, -0.15) is 0 Å². The number of amides is 2. The molecule has 7 heteroatoms. The van der Waals surface area contributed by atoms with E-state index in [2.05, 4.69) is 10.6 Å². The van der Waals surface area contributed by atoms with E-state index in [1.165, 1.54) is 0 Å². The summed E-state index contributed by atoms with van der Waals surface area (Å²) in [7, 11) is 1.76. The summed E-state index contributed by atoms with van der Waals surface area (Å²) in [5.74, 6) is 0. The van der Waals surface area contributed by atoms with Crippen molar-refractivity contribution in [2.45, 2.75) is 19.5 Å². The third kappa shape index (κ3) is 3.80. The normalized spacial score (nSPS) is 12.3. The Labute approximate surface area is 110 Å². The number of urea groups is 1. The van der Waals surface area contributed by atoms with Crippen LogP contribution in [-0.2, 0) is 13.6 Å². The van der Waals surface area contributed by atoms with E-state index in [1.807, 2.05) is 0 Å². The Morgan fingerprint density at radius 2 is 2.24 bits per heavy atom. The van der Waals surface area contributed by atoms with Crippen molar-refractivity contribution in [1.29, 1.82) is 0 Å². The molecular weight excluding hydrogens is 265 g/mol. The lowest BCUT2D eigenvalue weighted by Gasteiger charge is -2.12. The standard InChI is InChI=1S/C10H15Cl2N3O2/c1-6(5-16)14-10(17)13-4-7-3-8(11)9(12)15(7)2/h3,6,16H,4-5H2,1-2H3,(H2,13,14,17)/t6-/m0/s1. The van der Waals surface area contributed by atoms with Crippen LogP contribution >= 0.6 is 23.2 Å². The van der Waals surface area contributed by atoms with Crippen LogP contribution in [0.15, 0.2) is 6.07 Å². The fourth-order valence-corrected chi connectivity index (χ4v) is 1.67. The molecule has 0 radical (unpaired) electrons. The minimum absolute atomic E-state index is 0.102. The van der Waals surface area contributed by atoms with Crippen LogP contribution in [-0.4, -0.2) is 28.4 Å². The molecule has 0 spiro atoms. The highest BCUT2D eigenvalue weighted by Gasteiger charge is 2.10. The highest BCUT2D eigenvalue weighted by molar-refractivity contribution is 6.41. The van der Waals surface area contributed by atoms with Crippen LogP contribution in [0.2, 0.25) is 10.2 Å². The van der Waals surface area contributed by atoms with Gasteiger partial charge >= 0.3 is 6.03 Å². The molecule has 0 aliphatic carbocycles. The number of halogens is 2. The zero-order chi connectivity index (χ0) is 13.0. The molecule has 1 heterocycles. The Balaban J connectivity index is 2.50. The molecule has 2 amide bonds. The number of rotatable bonds is 4. The van der Waals surface area contributed by atoms with Crippen molar-refractivity contribution >= 4 is 29.2 Å². The number of hydrogen-bond donors (Lipinski definition) is 3. The number of hydrogen-bond acceptors (Lipinski definition) is 2. The molecule has 3 N–H and O–H groups in total. The number of carbonyl (C=O) groups is 1. The summed E-state index contributed by atoms with van der Waals surface area (Å²) in [5, 5.41) is 14.9. The van der Waals surface area contributed by atoms with Gasteiger partial charge in [-0.15, -0.1) is 0 Å². The fourth-order valence-electron chi connectivity index (χ4n) is 1.25. The molecule has 0 bridgehead atoms. The predicted octanol–water partition coefficient (Wildman–Crippen LogP) is 1.51. The van der Waals surface area contributed by atoms with Gasteiger partial charge in [0, 0.05) is 12.7 Å². The maximum absolute atomic E-state index is 11.4. The van der Waals surface area contributed by atoms with Gasteiger partial charge in [0.25, 0.3) is 0 Å². The van der Waals surface area contributed by atoms with Crippen molar-refractivity contribution in [1.82, 2.24) is 15.2 Å². The minimum Gasteiger partial charge on any atom is -0.394 e. The maximum Gasteiger partial charge on any atom is 0.315 e. The van der Waals surface area contributed by atoms with E-state index in [1.54, 1.807) is 24.6 Å². The zero-order valence-electron chi connectivity index (χ0n) is 9.63. The Hall–Kier alpha value is -0.910. The summed E-state index contributed by atoms with van der Waals surface area (Å²) in [6.45, 7) is 1.91. The lowest BCUT2D eigenvalue weighted by atomic mass is 10.4. The molecule has 0 fully saturated rings. The first kappa shape index (κ1) is 14.2. The largest absolute Gasteiger partial charge is 0.394 e. The van der Waals surface area contributed by atoms with Crippen molar-refractivity contribution in [3.8, 4) is 0 Å². The van der Waals surface area contributed by atoms with E-state index in [0.717, 1.165) is 5.69 Å². The van der Waals surface area contributed by atoms with Crippen molar-refractivity contribution in [3.63, 3.8) is 0 Å². The van der Waals surface area contributed by atoms with Crippen LogP contribution in [0.3, 0.4) is 0 Å². The Morgan fingerprint density at radius 3 is 2.71 bits per heavy atom. The summed E-state index contributed by atoms with van der Waals surface area (Å²) >= 11 is 11.7. The van der Waals surface area contributed by atoms with Gasteiger partial charge in [-0.25, -0.2) is 4.79 Å². The number of aromatic nitrogens is 1. The molecule has 0 aromatic carbocycles. The summed E-state index contributed by atoms with van der Waals surface area (Å²) < 4.78 is 1.69. The first-order valence-corrected chi connectivity index (χ1v) is 5.86. The summed E-state index contributed by atoms with van der Waals surface area (Å²) in [6, 6.07) is 1.06. The highest BCUT2D eigenvalue weighted by atomic mass is 35.5. The summed E-state index contributed by atoms with van der Waals surface area (Å²) in [6.07, 6.45) is 0. The SMILES string of the molecule is C[C@@H](CO)NC(=O)NCc1cc(Cl)c(Cl)n1C. The van der Waals surface area contributed by atoms with Crippen LogP contribution in [0.25, 0.3) is 0 Å². The van der Waals surface area contributed by atoms with E-state index < -0.39 is 0 Å². The van der Waals surface area contributed by atoms with E-state index in [4.69, 9.17) is 28.3 Å². The van der Waals surface area contributed by atoms with E-state index in [9.17, 15) is 4.79 Å². The molecule has 1 aromatic heterocycles. The van der Waals surface area contributed by atoms with Crippen LogP contribution < -0.4 is 10.6 Å². The van der Waals surface area contributed by atoms with Crippen LogP contribution in [0.5, 0.6) is 0 Å². The highest BCUT2D eigenvalue weighted by Crippen LogP contribution is 2.24. The Bertz CT molecular complexity index is 407. The molecule has 5 nitrogen and oxygen atoms in total. The van der Waals surface area contributed by atoms with Gasteiger partial charge in [-0.3, -0.25) is 0 Å². The van der Waals surface area contributed by atoms with Gasteiger partial charge in [-0.1, -0.05) is 23.2 Å². The van der Waals surface area contributed by atoms with Gasteiger partial charge in [0.15, 0.2) is 0 Å². The maximum atomic E-state index is 11.4. The number of aliphatic hydroxyl groups excluding tert-OH is 1. The predicted molar refractivity (Wildman–Crippen MR) is 67.4 cm³/mol. The van der Waals surface area contributed by atoms with Gasteiger partial charge in [0.05, 0.1) is 24.2 Å². The second-order valence-corrected chi connectivity index (χ2v) is 4.51. The number of nitrogens with zero attached hydrogens (tertiary/aromatic N) is 1. The van der Waals surface area contributed by atoms with E-state index in [0.29, 0.717) is 16.7 Å². The second-order valence-electron chi connectivity index (χ2n) is 3.74. The number of nitrogens with one attached hydrogen (secondary N) is 2. The average molecular weight is 280 g/mol. The molecule has 0 aliphatic rings. The monoisotopic (exact) mass is 279 g/mol. The third-order valence-corrected chi connectivity index (χ3v) is 3.14. The molecule has 1 rings (SSSR count). The summed E-state index contributed by atoms with van der Waals surface area (Å²) in [5.41, 5.74) is 0.798. The first-order valence-electron chi connectivity index (χ1n) is 5.10. The second kappa shape index (κ2) is 6.14. The quantitative estimate of drug-likeness (QED) is 0.782. The van der Waals surface area contributed by atoms with Gasteiger partial charge in [0.2, 0.25) is 0 Å². The van der Waals surface area contributed by atoms with Crippen molar-refractivity contribution < 1.29 is 9.90 Å². The van der Waals surface area contributed by atoms with Gasteiger partial charge in [-0.05, 0) is 13.0 Å². The molecular formula is C10H15Cl2N3O2. The lowest BCUT2D eigenvalue weighted by molar-refractivity contribution is 0.220. The number of carbonyl (C=O) groups excluding carboxylic acids is 1. The van der Waals surface area contributed by atoms with Crippen molar-refractivity contribution in [2.75, 3.05) is 6.61 Å². The average Bonchev–Trinajstić information content (AvgIpc) is 2.54. The molecule has 0 saturated carbocycles. The fraction of sp³-hybridized carbons (Fsp3) is 0.500. The molecule has 0 saturated heterocycles. The zero-order valence-corrected chi connectivity index (χ0v) is 11.1. The Morgan fingerprint density at radius 1 is 1.59 bits per heavy atom. The molecule has 96 valence electrons. The van der Waals surface area contributed by atoms with Crippen LogP contribution in [0.4, 0.5) is 4.79 Å². The van der Waals surface area contributed by atoms with Crippen molar-refractivity contribution in [3.05, 3.63) is 21.9 Å². The molecule has 17 heavy (non-hydrogen) atoms. The van der Waals surface area contributed by atoms with E-state index >= 15 is 0 Å². The summed E-state index contributed by atoms with van der Waals surface area (Å²) in [4.78, 5) is 11.4. The van der Waals surface area contributed by atoms with E-state index in [-0.39, 0.29) is 18.7 Å². The molecule has 1 atom stereocenters.